The molecule has 1 aliphatic rings. The standard InChI is InChI=1S/C13H25NO/c1-3-5-8-12(4-2)14-13-9-6-7-11(13)10-15/h3,11-15H,1,4-10H2,2H3. The second kappa shape index (κ2) is 7.02. The zero-order valence-corrected chi connectivity index (χ0v) is 9.91. The fourth-order valence-corrected chi connectivity index (χ4v) is 2.50. The highest BCUT2D eigenvalue weighted by atomic mass is 16.3. The molecule has 3 atom stereocenters. The zero-order chi connectivity index (χ0) is 11.1. The lowest BCUT2D eigenvalue weighted by Crippen LogP contribution is -2.41. The summed E-state index contributed by atoms with van der Waals surface area (Å²) in [5.41, 5.74) is 0. The summed E-state index contributed by atoms with van der Waals surface area (Å²) in [7, 11) is 0. The van der Waals surface area contributed by atoms with Crippen LogP contribution in [-0.2, 0) is 0 Å². The van der Waals surface area contributed by atoms with Crippen molar-refractivity contribution < 1.29 is 5.11 Å². The van der Waals surface area contributed by atoms with E-state index < -0.39 is 0 Å². The highest BCUT2D eigenvalue weighted by molar-refractivity contribution is 4.85. The van der Waals surface area contributed by atoms with Crippen LogP contribution in [0.25, 0.3) is 0 Å². The first-order chi connectivity index (χ1) is 7.31. The molecule has 1 aliphatic carbocycles. The normalized spacial score (nSPS) is 27.9. The number of rotatable bonds is 7. The zero-order valence-electron chi connectivity index (χ0n) is 9.91. The van der Waals surface area contributed by atoms with Crippen LogP contribution in [0.4, 0.5) is 0 Å². The van der Waals surface area contributed by atoms with Gasteiger partial charge in [0.25, 0.3) is 0 Å². The van der Waals surface area contributed by atoms with E-state index in [1.54, 1.807) is 0 Å². The number of aliphatic hydroxyl groups is 1. The number of allylic oxidation sites excluding steroid dienone is 1. The molecule has 1 fully saturated rings. The van der Waals surface area contributed by atoms with Crippen molar-refractivity contribution in [2.24, 2.45) is 5.92 Å². The van der Waals surface area contributed by atoms with E-state index in [0.29, 0.717) is 24.6 Å². The fourth-order valence-electron chi connectivity index (χ4n) is 2.50. The van der Waals surface area contributed by atoms with Crippen molar-refractivity contribution in [3.05, 3.63) is 12.7 Å². The van der Waals surface area contributed by atoms with Crippen LogP contribution in [0.1, 0.15) is 45.4 Å². The van der Waals surface area contributed by atoms with Crippen molar-refractivity contribution >= 4 is 0 Å². The topological polar surface area (TPSA) is 32.3 Å². The van der Waals surface area contributed by atoms with Gasteiger partial charge in [-0.25, -0.2) is 0 Å². The van der Waals surface area contributed by atoms with Gasteiger partial charge in [0.05, 0.1) is 0 Å². The number of aliphatic hydroxyl groups excluding tert-OH is 1. The molecule has 15 heavy (non-hydrogen) atoms. The molecule has 3 unspecified atom stereocenters. The van der Waals surface area contributed by atoms with Crippen LogP contribution in [0.3, 0.4) is 0 Å². The molecule has 0 bridgehead atoms. The highest BCUT2D eigenvalue weighted by Gasteiger charge is 2.27. The monoisotopic (exact) mass is 211 g/mol. The molecule has 1 saturated carbocycles. The van der Waals surface area contributed by atoms with Gasteiger partial charge < -0.3 is 10.4 Å². The van der Waals surface area contributed by atoms with Crippen LogP contribution in [0.5, 0.6) is 0 Å². The predicted molar refractivity (Wildman–Crippen MR) is 64.9 cm³/mol. The Bertz CT molecular complexity index is 181. The Morgan fingerprint density at radius 2 is 2.33 bits per heavy atom. The van der Waals surface area contributed by atoms with Gasteiger partial charge in [0.2, 0.25) is 0 Å². The van der Waals surface area contributed by atoms with E-state index in [1.807, 2.05) is 6.08 Å². The lowest BCUT2D eigenvalue weighted by molar-refractivity contribution is 0.197. The van der Waals surface area contributed by atoms with Gasteiger partial charge >= 0.3 is 0 Å². The average molecular weight is 211 g/mol. The third-order valence-electron chi connectivity index (χ3n) is 3.56. The molecule has 0 aliphatic heterocycles. The van der Waals surface area contributed by atoms with Crippen molar-refractivity contribution in [2.45, 2.75) is 57.5 Å². The molecule has 0 aromatic rings. The highest BCUT2D eigenvalue weighted by Crippen LogP contribution is 2.26. The largest absolute Gasteiger partial charge is 0.396 e. The van der Waals surface area contributed by atoms with Crippen LogP contribution < -0.4 is 5.32 Å². The third kappa shape index (κ3) is 3.96. The maximum absolute atomic E-state index is 9.24. The molecule has 0 amide bonds. The molecule has 0 saturated heterocycles. The average Bonchev–Trinajstić information content (AvgIpc) is 2.71. The Morgan fingerprint density at radius 1 is 1.53 bits per heavy atom. The lowest BCUT2D eigenvalue weighted by atomic mass is 10.0. The van der Waals surface area contributed by atoms with Crippen LogP contribution in [-0.4, -0.2) is 23.8 Å². The Morgan fingerprint density at radius 3 is 2.93 bits per heavy atom. The van der Waals surface area contributed by atoms with Gasteiger partial charge in [-0.2, -0.15) is 0 Å². The molecule has 0 radical (unpaired) electrons. The van der Waals surface area contributed by atoms with E-state index >= 15 is 0 Å². The third-order valence-corrected chi connectivity index (χ3v) is 3.56. The minimum Gasteiger partial charge on any atom is -0.396 e. The molecule has 0 heterocycles. The SMILES string of the molecule is C=CCCC(CC)NC1CCCC1CO. The first-order valence-corrected chi connectivity index (χ1v) is 6.29. The number of nitrogens with one attached hydrogen (secondary N) is 1. The Labute approximate surface area is 93.8 Å². The smallest absolute Gasteiger partial charge is 0.0474 e. The minimum absolute atomic E-state index is 0.343. The van der Waals surface area contributed by atoms with Crippen molar-refractivity contribution in [2.75, 3.05) is 6.61 Å². The molecular formula is C13H25NO. The van der Waals surface area contributed by atoms with Gasteiger partial charge in [-0.15, -0.1) is 6.58 Å². The van der Waals surface area contributed by atoms with Crippen molar-refractivity contribution in [1.29, 1.82) is 0 Å². The molecule has 0 spiro atoms. The number of hydrogen-bond acceptors (Lipinski definition) is 2. The predicted octanol–water partition coefficient (Wildman–Crippen LogP) is 2.48. The van der Waals surface area contributed by atoms with Crippen LogP contribution in [0.2, 0.25) is 0 Å². The first-order valence-electron chi connectivity index (χ1n) is 6.29. The fraction of sp³-hybridized carbons (Fsp3) is 0.846. The van der Waals surface area contributed by atoms with E-state index in [-0.39, 0.29) is 0 Å². The summed E-state index contributed by atoms with van der Waals surface area (Å²) in [6.45, 7) is 6.33. The summed E-state index contributed by atoms with van der Waals surface area (Å²) in [6.07, 6.45) is 9.10. The lowest BCUT2D eigenvalue weighted by Gasteiger charge is -2.25. The van der Waals surface area contributed by atoms with Gasteiger partial charge in [-0.3, -0.25) is 0 Å². The summed E-state index contributed by atoms with van der Waals surface area (Å²) >= 11 is 0. The van der Waals surface area contributed by atoms with Crippen LogP contribution >= 0.6 is 0 Å². The molecule has 0 aromatic heterocycles. The molecule has 2 nitrogen and oxygen atoms in total. The van der Waals surface area contributed by atoms with Crippen molar-refractivity contribution in [3.8, 4) is 0 Å². The Kier molecular flexibility index (Phi) is 5.96. The number of hydrogen-bond donors (Lipinski definition) is 2. The van der Waals surface area contributed by atoms with Crippen molar-refractivity contribution in [3.63, 3.8) is 0 Å². The molecule has 88 valence electrons. The quantitative estimate of drug-likeness (QED) is 0.634. The van der Waals surface area contributed by atoms with Crippen LogP contribution in [0.15, 0.2) is 12.7 Å². The second-order valence-electron chi connectivity index (χ2n) is 4.62. The maximum atomic E-state index is 9.24. The molecular weight excluding hydrogens is 186 g/mol. The first kappa shape index (κ1) is 12.7. The van der Waals surface area contributed by atoms with Gasteiger partial charge in [-0.1, -0.05) is 19.4 Å². The second-order valence-corrected chi connectivity index (χ2v) is 4.62. The molecule has 2 N–H and O–H groups in total. The molecule has 0 aromatic carbocycles. The summed E-state index contributed by atoms with van der Waals surface area (Å²) in [6, 6.07) is 1.14. The Hall–Kier alpha value is -0.340. The summed E-state index contributed by atoms with van der Waals surface area (Å²) in [4.78, 5) is 0. The van der Waals surface area contributed by atoms with Gasteiger partial charge in [-0.05, 0) is 38.0 Å². The van der Waals surface area contributed by atoms with Crippen LogP contribution in [0, 0.1) is 5.92 Å². The van der Waals surface area contributed by atoms with E-state index in [0.717, 1.165) is 6.42 Å². The van der Waals surface area contributed by atoms with E-state index in [4.69, 9.17) is 0 Å². The Balaban J connectivity index is 2.32. The van der Waals surface area contributed by atoms with Gasteiger partial charge in [0.1, 0.15) is 0 Å². The molecule has 2 heteroatoms. The minimum atomic E-state index is 0.343. The van der Waals surface area contributed by atoms with E-state index in [2.05, 4.69) is 18.8 Å². The van der Waals surface area contributed by atoms with Crippen molar-refractivity contribution in [1.82, 2.24) is 5.32 Å². The summed E-state index contributed by atoms with van der Waals surface area (Å²) in [5, 5.41) is 12.9. The summed E-state index contributed by atoms with van der Waals surface area (Å²) < 4.78 is 0. The summed E-state index contributed by atoms with van der Waals surface area (Å²) in [5.74, 6) is 0.489. The van der Waals surface area contributed by atoms with Gasteiger partial charge in [0, 0.05) is 18.7 Å². The van der Waals surface area contributed by atoms with Gasteiger partial charge in [0.15, 0.2) is 0 Å². The van der Waals surface area contributed by atoms with E-state index in [9.17, 15) is 5.11 Å². The maximum Gasteiger partial charge on any atom is 0.0474 e. The molecule has 1 rings (SSSR count). The van der Waals surface area contributed by atoms with E-state index in [1.165, 1.54) is 32.1 Å².